The number of hydrogen-bond donors (Lipinski definition) is 0. The van der Waals surface area contributed by atoms with E-state index in [1.165, 1.54) is 55.4 Å². The van der Waals surface area contributed by atoms with Crippen molar-refractivity contribution in [2.45, 2.75) is 0 Å². The van der Waals surface area contributed by atoms with Crippen LogP contribution in [0.5, 0.6) is 0 Å². The van der Waals surface area contributed by atoms with Crippen LogP contribution in [0.1, 0.15) is 0 Å². The van der Waals surface area contributed by atoms with Gasteiger partial charge in [-0.1, -0.05) is 133 Å². The predicted molar refractivity (Wildman–Crippen MR) is 220 cm³/mol. The van der Waals surface area contributed by atoms with Gasteiger partial charge in [0, 0.05) is 28.9 Å². The van der Waals surface area contributed by atoms with Gasteiger partial charge in [0.15, 0.2) is 0 Å². The summed E-state index contributed by atoms with van der Waals surface area (Å²) in [6, 6.07) is 76.1. The van der Waals surface area contributed by atoms with Gasteiger partial charge < -0.3 is 9.47 Å². The lowest BCUT2D eigenvalue weighted by Crippen LogP contribution is -2.09. The van der Waals surface area contributed by atoms with Gasteiger partial charge in [0.1, 0.15) is 0 Å². The van der Waals surface area contributed by atoms with Crippen LogP contribution in [0.3, 0.4) is 0 Å². The van der Waals surface area contributed by atoms with E-state index in [9.17, 15) is 0 Å². The average Bonchev–Trinajstić information content (AvgIpc) is 3.67. The molecule has 0 spiro atoms. The first-order chi connectivity index (χ1) is 25.8. The van der Waals surface area contributed by atoms with Crippen LogP contribution in [0.4, 0.5) is 17.1 Å². The molecule has 0 bridgehead atoms. The molecule has 0 unspecified atom stereocenters. The molecule has 0 saturated carbocycles. The summed E-state index contributed by atoms with van der Waals surface area (Å²) in [7, 11) is 0. The first-order valence-electron chi connectivity index (χ1n) is 17.8. The normalized spacial score (nSPS) is 11.1. The summed E-state index contributed by atoms with van der Waals surface area (Å²) >= 11 is 0. The number of aromatic nitrogens is 1. The molecule has 0 atom stereocenters. The number of hydrogen-bond acceptors (Lipinski definition) is 1. The van der Waals surface area contributed by atoms with Crippen molar-refractivity contribution in [2.24, 2.45) is 0 Å². The molecule has 8 aromatic carbocycles. The minimum Gasteiger partial charge on any atom is -0.317 e. The topological polar surface area (TPSA) is 8.17 Å². The van der Waals surface area contributed by atoms with Crippen molar-refractivity contribution in [1.29, 1.82) is 0 Å². The van der Waals surface area contributed by atoms with Crippen LogP contribution in [-0.2, 0) is 0 Å². The van der Waals surface area contributed by atoms with Crippen molar-refractivity contribution in [2.75, 3.05) is 4.90 Å². The Morgan fingerprint density at radius 1 is 0.288 bits per heavy atom. The van der Waals surface area contributed by atoms with Crippen molar-refractivity contribution in [3.05, 3.63) is 219 Å². The van der Waals surface area contributed by atoms with E-state index in [0.29, 0.717) is 0 Å². The van der Waals surface area contributed by atoms with E-state index in [4.69, 9.17) is 0 Å². The van der Waals surface area contributed by atoms with E-state index in [1.807, 2.05) is 0 Å². The van der Waals surface area contributed by atoms with Crippen LogP contribution in [0.15, 0.2) is 219 Å². The number of anilines is 3. The SMILES string of the molecule is c1ccc(-c2cc(-c3ccccc3)cc(-c3ccc(N(c4ccccc4)c4ccc(-c5ccc(-n6ccc7ccccc76)cc5)cc4)cc3)c2)cc1. The summed E-state index contributed by atoms with van der Waals surface area (Å²) in [4.78, 5) is 2.32. The fourth-order valence-electron chi connectivity index (χ4n) is 7.14. The number of fused-ring (bicyclic) bond motifs is 1. The van der Waals surface area contributed by atoms with Crippen LogP contribution < -0.4 is 4.90 Å². The number of benzene rings is 8. The lowest BCUT2D eigenvalue weighted by atomic mass is 9.93. The van der Waals surface area contributed by atoms with Crippen LogP contribution in [0.25, 0.3) is 61.1 Å². The summed E-state index contributed by atoms with van der Waals surface area (Å²) in [6.45, 7) is 0. The van der Waals surface area contributed by atoms with Gasteiger partial charge in [-0.25, -0.2) is 0 Å². The Morgan fingerprint density at radius 3 is 1.19 bits per heavy atom. The highest BCUT2D eigenvalue weighted by molar-refractivity contribution is 5.84. The molecule has 2 nitrogen and oxygen atoms in total. The maximum Gasteiger partial charge on any atom is 0.0528 e. The van der Waals surface area contributed by atoms with Crippen molar-refractivity contribution >= 4 is 28.0 Å². The summed E-state index contributed by atoms with van der Waals surface area (Å²) in [5.74, 6) is 0. The van der Waals surface area contributed by atoms with E-state index >= 15 is 0 Å². The Bertz CT molecular complexity index is 2510. The van der Waals surface area contributed by atoms with Crippen molar-refractivity contribution < 1.29 is 0 Å². The van der Waals surface area contributed by atoms with Crippen LogP contribution in [-0.4, -0.2) is 4.57 Å². The molecular weight excluding hydrogens is 629 g/mol. The molecule has 0 aliphatic carbocycles. The second-order valence-corrected chi connectivity index (χ2v) is 13.1. The number of nitrogens with zero attached hydrogens (tertiary/aromatic N) is 2. The second-order valence-electron chi connectivity index (χ2n) is 13.1. The Hall–Kier alpha value is -6.90. The summed E-state index contributed by atoms with van der Waals surface area (Å²) in [5.41, 5.74) is 15.3. The highest BCUT2D eigenvalue weighted by Gasteiger charge is 2.14. The van der Waals surface area contributed by atoms with Gasteiger partial charge in [0.05, 0.1) is 5.52 Å². The highest BCUT2D eigenvalue weighted by Crippen LogP contribution is 2.38. The monoisotopic (exact) mass is 664 g/mol. The summed E-state index contributed by atoms with van der Waals surface area (Å²) in [5, 5.41) is 1.24. The van der Waals surface area contributed by atoms with Gasteiger partial charge in [-0.15, -0.1) is 0 Å². The van der Waals surface area contributed by atoms with E-state index < -0.39 is 0 Å². The zero-order chi connectivity index (χ0) is 34.7. The van der Waals surface area contributed by atoms with Crippen molar-refractivity contribution in [3.63, 3.8) is 0 Å². The van der Waals surface area contributed by atoms with Gasteiger partial charge >= 0.3 is 0 Å². The predicted octanol–water partition coefficient (Wildman–Crippen LogP) is 13.8. The molecule has 246 valence electrons. The van der Waals surface area contributed by atoms with Crippen LogP contribution in [0, 0.1) is 0 Å². The minimum atomic E-state index is 1.11. The summed E-state index contributed by atoms with van der Waals surface area (Å²) < 4.78 is 2.24. The molecule has 0 fully saturated rings. The van der Waals surface area contributed by atoms with E-state index in [2.05, 4.69) is 228 Å². The quantitative estimate of drug-likeness (QED) is 0.157. The minimum absolute atomic E-state index is 1.11. The number of para-hydroxylation sites is 2. The van der Waals surface area contributed by atoms with Crippen LogP contribution >= 0.6 is 0 Å². The molecule has 1 heterocycles. The zero-order valence-corrected chi connectivity index (χ0v) is 28.7. The largest absolute Gasteiger partial charge is 0.317 e. The molecule has 0 saturated heterocycles. The Kier molecular flexibility index (Phi) is 8.24. The third kappa shape index (κ3) is 6.19. The van der Waals surface area contributed by atoms with E-state index in [0.717, 1.165) is 22.7 Å². The molecule has 0 aliphatic rings. The molecule has 0 aliphatic heterocycles. The van der Waals surface area contributed by atoms with Gasteiger partial charge in [0.2, 0.25) is 0 Å². The lowest BCUT2D eigenvalue weighted by Gasteiger charge is -2.26. The van der Waals surface area contributed by atoms with Crippen LogP contribution in [0.2, 0.25) is 0 Å². The third-order valence-corrected chi connectivity index (χ3v) is 9.82. The van der Waals surface area contributed by atoms with Gasteiger partial charge in [-0.3, -0.25) is 0 Å². The molecule has 0 amide bonds. The molecule has 9 aromatic rings. The van der Waals surface area contributed by atoms with Gasteiger partial charge in [0.25, 0.3) is 0 Å². The smallest absolute Gasteiger partial charge is 0.0528 e. The van der Waals surface area contributed by atoms with E-state index in [1.54, 1.807) is 0 Å². The lowest BCUT2D eigenvalue weighted by molar-refractivity contribution is 1.13. The first kappa shape index (κ1) is 31.1. The first-order valence-corrected chi connectivity index (χ1v) is 17.8. The molecule has 1 aromatic heterocycles. The van der Waals surface area contributed by atoms with Gasteiger partial charge in [-0.05, 0) is 129 Å². The van der Waals surface area contributed by atoms with Crippen molar-refractivity contribution in [1.82, 2.24) is 4.57 Å². The zero-order valence-electron chi connectivity index (χ0n) is 28.7. The molecule has 52 heavy (non-hydrogen) atoms. The average molecular weight is 665 g/mol. The fraction of sp³-hybridized carbons (Fsp3) is 0. The Balaban J connectivity index is 1.03. The Morgan fingerprint density at radius 2 is 0.673 bits per heavy atom. The maximum atomic E-state index is 2.32. The van der Waals surface area contributed by atoms with E-state index in [-0.39, 0.29) is 0 Å². The molecular formula is C50H36N2. The molecule has 0 radical (unpaired) electrons. The highest BCUT2D eigenvalue weighted by atomic mass is 15.1. The summed E-state index contributed by atoms with van der Waals surface area (Å²) in [6.07, 6.45) is 2.14. The standard InChI is InChI=1S/C50H36N2/c1-4-12-37(13-5-1)43-34-44(38-14-6-2-7-15-38)36-45(35-43)41-24-30-49(31-25-41)52(47-17-8-3-9-18-47)48-28-22-40(23-29-48)39-20-26-46(27-21-39)51-33-32-42-16-10-11-19-50(42)51/h1-36H. The second kappa shape index (κ2) is 13.8. The van der Waals surface area contributed by atoms with Gasteiger partial charge in [-0.2, -0.15) is 0 Å². The van der Waals surface area contributed by atoms with Crippen molar-refractivity contribution in [3.8, 4) is 50.2 Å². The fourth-order valence-corrected chi connectivity index (χ4v) is 7.14. The maximum absolute atomic E-state index is 2.32. The number of rotatable bonds is 8. The molecule has 0 N–H and O–H groups in total. The molecule has 9 rings (SSSR count). The Labute approximate surface area is 305 Å². The molecule has 2 heteroatoms. The third-order valence-electron chi connectivity index (χ3n) is 9.82.